The SMILES string of the molecule is FP.O.[CaH2]. The second kappa shape index (κ2) is 23.5. The quantitative estimate of drug-likeness (QED) is 0.284. The molecule has 1 unspecified atom stereocenters. The minimum absolute atomic E-state index is 0. The summed E-state index contributed by atoms with van der Waals surface area (Å²) in [6.07, 6.45) is 0. The van der Waals surface area contributed by atoms with Crippen molar-refractivity contribution in [2.45, 2.75) is 0 Å². The van der Waals surface area contributed by atoms with E-state index >= 15 is 0 Å². The zero-order chi connectivity index (χ0) is 2.00. The third-order valence-corrected chi connectivity index (χ3v) is 0. The van der Waals surface area contributed by atoms with Gasteiger partial charge in [0.2, 0.25) is 0 Å². The molecule has 0 amide bonds. The predicted octanol–water partition coefficient (Wildman–Crippen LogP) is -0.995. The Hall–Kier alpha value is 1.58. The molecule has 0 fully saturated rings. The van der Waals surface area contributed by atoms with E-state index in [4.69, 9.17) is 0 Å². The molecule has 2 N–H and O–H groups in total. The molecule has 0 saturated carbocycles. The first-order valence-electron chi connectivity index (χ1n) is 0.218. The van der Waals surface area contributed by atoms with E-state index in [-0.39, 0.29) is 43.2 Å². The summed E-state index contributed by atoms with van der Waals surface area (Å²) in [5.41, 5.74) is 0. The van der Waals surface area contributed by atoms with Gasteiger partial charge in [0.25, 0.3) is 0 Å². The molecule has 1 nitrogen and oxygen atoms in total. The van der Waals surface area contributed by atoms with Crippen molar-refractivity contribution in [2.75, 3.05) is 0 Å². The second-order valence-electron chi connectivity index (χ2n) is 0. The van der Waals surface area contributed by atoms with E-state index in [0.717, 1.165) is 9.55 Å². The summed E-state index contributed by atoms with van der Waals surface area (Å²) in [6, 6.07) is 0. The van der Waals surface area contributed by atoms with Crippen molar-refractivity contribution in [1.29, 1.82) is 0 Å². The van der Waals surface area contributed by atoms with Crippen molar-refractivity contribution < 1.29 is 9.67 Å². The fourth-order valence-corrected chi connectivity index (χ4v) is 0. The van der Waals surface area contributed by atoms with Crippen LogP contribution >= 0.6 is 9.55 Å². The van der Waals surface area contributed by atoms with Gasteiger partial charge in [-0.25, -0.2) is 4.20 Å². The van der Waals surface area contributed by atoms with Gasteiger partial charge in [0.05, 0.1) is 9.55 Å². The normalized spacial score (nSPS) is 1.50. The molecule has 0 radical (unpaired) electrons. The molecule has 0 aromatic heterocycles. The van der Waals surface area contributed by atoms with Crippen LogP contribution in [0.2, 0.25) is 0 Å². The molecule has 0 saturated heterocycles. The van der Waals surface area contributed by atoms with Crippen molar-refractivity contribution in [1.82, 2.24) is 0 Å². The van der Waals surface area contributed by atoms with Crippen LogP contribution in [-0.2, 0) is 0 Å². The van der Waals surface area contributed by atoms with Crippen molar-refractivity contribution in [3.63, 3.8) is 0 Å². The van der Waals surface area contributed by atoms with Crippen molar-refractivity contribution in [3.05, 3.63) is 0 Å². The topological polar surface area (TPSA) is 31.5 Å². The van der Waals surface area contributed by atoms with Crippen molar-refractivity contribution in [3.8, 4) is 0 Å². The van der Waals surface area contributed by atoms with Crippen LogP contribution in [0.5, 0.6) is 0 Å². The van der Waals surface area contributed by atoms with Gasteiger partial charge in [0.15, 0.2) is 0 Å². The number of hydrogen-bond acceptors (Lipinski definition) is 0. The van der Waals surface area contributed by atoms with E-state index in [1.165, 1.54) is 0 Å². The molecular weight excluding hydrogens is 106 g/mol. The minimum atomic E-state index is 0. The number of hydrogen-bond donors (Lipinski definition) is 0. The molecule has 4 heavy (non-hydrogen) atoms. The van der Waals surface area contributed by atoms with Crippen molar-refractivity contribution >= 4 is 47.3 Å². The van der Waals surface area contributed by atoms with Gasteiger partial charge < -0.3 is 5.48 Å². The van der Waals surface area contributed by atoms with Crippen LogP contribution in [0.1, 0.15) is 0 Å². The molecule has 0 aliphatic rings. The summed E-state index contributed by atoms with van der Waals surface area (Å²) in [6.45, 7) is 0. The van der Waals surface area contributed by atoms with E-state index in [9.17, 15) is 4.20 Å². The first-order chi connectivity index (χ1) is 1.00. The molecule has 0 heterocycles. The first kappa shape index (κ1) is 17.6. The molecule has 0 rings (SSSR count). The summed E-state index contributed by atoms with van der Waals surface area (Å²) in [5.74, 6) is 0. The zero-order valence-corrected chi connectivity index (χ0v) is 2.61. The molecule has 0 aliphatic heterocycles. The molecule has 0 aromatic carbocycles. The monoisotopic (exact) mass is 112 g/mol. The summed E-state index contributed by atoms with van der Waals surface area (Å²) < 4.78 is 9.42. The van der Waals surface area contributed by atoms with Gasteiger partial charge in [-0.3, -0.25) is 0 Å². The molecule has 0 aromatic rings. The predicted molar refractivity (Wildman–Crippen MR) is 23.0 cm³/mol. The average Bonchev–Trinajstić information content (AvgIpc) is 1.00. The standard InChI is InChI=1S/Ca.FH2P.H2O.2H/c;1-2;;;/h;2H2;1H2;;. The fourth-order valence-electron chi connectivity index (χ4n) is 0. The molecule has 0 bridgehead atoms. The summed E-state index contributed by atoms with van der Waals surface area (Å²) in [5, 5.41) is 0. The molecule has 0 aliphatic carbocycles. The van der Waals surface area contributed by atoms with Crippen LogP contribution in [0, 0.1) is 0 Å². The molecule has 26 valence electrons. The molecule has 1 atom stereocenters. The van der Waals surface area contributed by atoms with Gasteiger partial charge in [-0.2, -0.15) is 0 Å². The summed E-state index contributed by atoms with van der Waals surface area (Å²) in [7, 11) is 0.917. The molecule has 0 spiro atoms. The van der Waals surface area contributed by atoms with E-state index in [0.29, 0.717) is 0 Å². The Morgan fingerprint density at radius 2 is 1.25 bits per heavy atom. The maximum atomic E-state index is 9.42. The van der Waals surface area contributed by atoms with Gasteiger partial charge in [0, 0.05) is 0 Å². The van der Waals surface area contributed by atoms with Gasteiger partial charge in [-0.05, 0) is 0 Å². The molecular formula is H6CaFOP. The Bertz CT molecular complexity index is 8.00. The maximum absolute atomic E-state index is 9.42. The van der Waals surface area contributed by atoms with Crippen molar-refractivity contribution in [2.24, 2.45) is 0 Å². The van der Waals surface area contributed by atoms with Crippen LogP contribution in [0.4, 0.5) is 4.20 Å². The van der Waals surface area contributed by atoms with E-state index in [2.05, 4.69) is 0 Å². The zero-order valence-electron chi connectivity index (χ0n) is 1.46. The third-order valence-electron chi connectivity index (χ3n) is 0. The van der Waals surface area contributed by atoms with Crippen LogP contribution in [0.3, 0.4) is 0 Å². The van der Waals surface area contributed by atoms with Crippen LogP contribution < -0.4 is 0 Å². The summed E-state index contributed by atoms with van der Waals surface area (Å²) in [4.78, 5) is 0. The van der Waals surface area contributed by atoms with Crippen LogP contribution in [-0.4, -0.2) is 43.2 Å². The Morgan fingerprint density at radius 3 is 1.25 bits per heavy atom. The number of halogens is 1. The Kier molecular flexibility index (Phi) is 103. The Balaban J connectivity index is -0.00000000500. The number of rotatable bonds is 0. The van der Waals surface area contributed by atoms with E-state index < -0.39 is 0 Å². The van der Waals surface area contributed by atoms with E-state index in [1.54, 1.807) is 0 Å². The fraction of sp³-hybridized carbons (Fsp3) is 0. The summed E-state index contributed by atoms with van der Waals surface area (Å²) >= 11 is 0. The van der Waals surface area contributed by atoms with Crippen LogP contribution in [0.25, 0.3) is 0 Å². The van der Waals surface area contributed by atoms with Gasteiger partial charge in [-0.15, -0.1) is 0 Å². The Labute approximate surface area is 56.6 Å². The Morgan fingerprint density at radius 1 is 1.25 bits per heavy atom. The second-order valence-corrected chi connectivity index (χ2v) is 0. The third kappa shape index (κ3) is 9.55. The molecule has 4 heteroatoms. The average molecular weight is 112 g/mol. The van der Waals surface area contributed by atoms with Gasteiger partial charge >= 0.3 is 37.7 Å². The van der Waals surface area contributed by atoms with E-state index in [1.807, 2.05) is 0 Å². The van der Waals surface area contributed by atoms with Gasteiger partial charge in [-0.1, -0.05) is 0 Å². The first-order valence-corrected chi connectivity index (χ1v) is 0.655. The van der Waals surface area contributed by atoms with Gasteiger partial charge in [0.1, 0.15) is 0 Å². The van der Waals surface area contributed by atoms with Crippen LogP contribution in [0.15, 0.2) is 0 Å².